The molecular formula is C28H36N2O2. The van der Waals surface area contributed by atoms with Gasteiger partial charge in [0.05, 0.1) is 6.10 Å². The van der Waals surface area contributed by atoms with Gasteiger partial charge in [0.15, 0.2) is 0 Å². The third-order valence-corrected chi connectivity index (χ3v) is 6.78. The number of carbonyl (C=O) groups excluding carboxylic acids is 1. The molecule has 0 bridgehead atoms. The van der Waals surface area contributed by atoms with Gasteiger partial charge in [0.1, 0.15) is 5.75 Å². The number of rotatable bonds is 7. The monoisotopic (exact) mass is 432 g/mol. The zero-order chi connectivity index (χ0) is 22.3. The molecule has 1 saturated carbocycles. The van der Waals surface area contributed by atoms with Gasteiger partial charge in [-0.05, 0) is 94.8 Å². The van der Waals surface area contributed by atoms with E-state index in [4.69, 9.17) is 4.74 Å². The molecule has 1 aliphatic heterocycles. The summed E-state index contributed by atoms with van der Waals surface area (Å²) < 4.78 is 6.51. The van der Waals surface area contributed by atoms with Gasteiger partial charge in [0.25, 0.3) is 5.91 Å². The van der Waals surface area contributed by atoms with Crippen molar-refractivity contribution in [2.75, 3.05) is 26.2 Å². The summed E-state index contributed by atoms with van der Waals surface area (Å²) >= 11 is 0. The van der Waals surface area contributed by atoms with Crippen molar-refractivity contribution in [3.8, 4) is 5.75 Å². The summed E-state index contributed by atoms with van der Waals surface area (Å²) in [7, 11) is 0. The SMILES string of the molecule is CCN(CC)C(=O)c1ccc(C(=C2CCNCC2)c2ccccc2OC2CCCC2)cc1. The number of carbonyl (C=O) groups is 1. The number of para-hydroxylation sites is 1. The van der Waals surface area contributed by atoms with Crippen LogP contribution in [0.15, 0.2) is 54.1 Å². The number of benzene rings is 2. The Morgan fingerprint density at radius 3 is 2.22 bits per heavy atom. The zero-order valence-electron chi connectivity index (χ0n) is 19.5. The lowest BCUT2D eigenvalue weighted by Gasteiger charge is -2.24. The van der Waals surface area contributed by atoms with Crippen molar-refractivity contribution in [1.29, 1.82) is 0 Å². The summed E-state index contributed by atoms with van der Waals surface area (Å²) in [6.07, 6.45) is 7.20. The predicted octanol–water partition coefficient (Wildman–Crippen LogP) is 5.68. The van der Waals surface area contributed by atoms with E-state index in [0.717, 1.165) is 63.2 Å². The summed E-state index contributed by atoms with van der Waals surface area (Å²) in [6, 6.07) is 16.7. The Morgan fingerprint density at radius 1 is 0.938 bits per heavy atom. The molecule has 0 aromatic heterocycles. The number of hydrogen-bond donors (Lipinski definition) is 1. The molecule has 0 unspecified atom stereocenters. The minimum Gasteiger partial charge on any atom is -0.490 e. The van der Waals surface area contributed by atoms with Crippen LogP contribution in [0.1, 0.15) is 73.9 Å². The van der Waals surface area contributed by atoms with Crippen LogP contribution in [0.2, 0.25) is 0 Å². The van der Waals surface area contributed by atoms with Crippen LogP contribution in [0.25, 0.3) is 5.57 Å². The molecule has 1 amide bonds. The molecule has 0 radical (unpaired) electrons. The molecule has 4 nitrogen and oxygen atoms in total. The van der Waals surface area contributed by atoms with Gasteiger partial charge in [-0.3, -0.25) is 4.79 Å². The van der Waals surface area contributed by atoms with Crippen molar-refractivity contribution in [2.24, 2.45) is 0 Å². The van der Waals surface area contributed by atoms with Crippen LogP contribution in [-0.4, -0.2) is 43.1 Å². The lowest BCUT2D eigenvalue weighted by molar-refractivity contribution is 0.0773. The molecule has 4 rings (SSSR count). The van der Waals surface area contributed by atoms with Crippen LogP contribution in [-0.2, 0) is 0 Å². The second-order valence-corrected chi connectivity index (χ2v) is 8.80. The van der Waals surface area contributed by atoms with E-state index in [1.807, 2.05) is 30.9 Å². The Labute approximate surface area is 192 Å². The maximum atomic E-state index is 12.8. The molecular weight excluding hydrogens is 396 g/mol. The van der Waals surface area contributed by atoms with Gasteiger partial charge in [-0.1, -0.05) is 35.9 Å². The molecule has 170 valence electrons. The highest BCUT2D eigenvalue weighted by molar-refractivity contribution is 5.95. The molecule has 1 heterocycles. The Bertz CT molecular complexity index is 930. The number of ether oxygens (including phenoxy) is 1. The second kappa shape index (κ2) is 10.8. The van der Waals surface area contributed by atoms with Crippen LogP contribution in [0.5, 0.6) is 5.75 Å². The highest BCUT2D eigenvalue weighted by Gasteiger charge is 2.22. The largest absolute Gasteiger partial charge is 0.490 e. The van der Waals surface area contributed by atoms with Crippen LogP contribution in [0.3, 0.4) is 0 Å². The predicted molar refractivity (Wildman–Crippen MR) is 131 cm³/mol. The number of nitrogens with zero attached hydrogens (tertiary/aromatic N) is 1. The molecule has 2 fully saturated rings. The van der Waals surface area contributed by atoms with Crippen molar-refractivity contribution >= 4 is 11.5 Å². The molecule has 2 aliphatic rings. The lowest BCUT2D eigenvalue weighted by atomic mass is 9.88. The summed E-state index contributed by atoms with van der Waals surface area (Å²) in [5.41, 5.74) is 5.85. The first-order valence-electron chi connectivity index (χ1n) is 12.3. The molecule has 1 saturated heterocycles. The highest BCUT2D eigenvalue weighted by atomic mass is 16.5. The van der Waals surface area contributed by atoms with Crippen molar-refractivity contribution in [3.63, 3.8) is 0 Å². The molecule has 4 heteroatoms. The summed E-state index contributed by atoms with van der Waals surface area (Å²) in [5.74, 6) is 1.09. The minimum atomic E-state index is 0.0996. The van der Waals surface area contributed by atoms with E-state index in [1.54, 1.807) is 0 Å². The van der Waals surface area contributed by atoms with Gasteiger partial charge in [0, 0.05) is 24.2 Å². The average molecular weight is 433 g/mol. The fourth-order valence-electron chi connectivity index (χ4n) is 4.96. The Hall–Kier alpha value is -2.59. The normalized spacial score (nSPS) is 16.8. The van der Waals surface area contributed by atoms with E-state index in [1.165, 1.54) is 35.1 Å². The van der Waals surface area contributed by atoms with E-state index < -0.39 is 0 Å². The van der Waals surface area contributed by atoms with E-state index in [-0.39, 0.29) is 5.91 Å². The third kappa shape index (κ3) is 5.07. The van der Waals surface area contributed by atoms with E-state index in [0.29, 0.717) is 6.10 Å². The fourth-order valence-corrected chi connectivity index (χ4v) is 4.96. The molecule has 0 atom stereocenters. The molecule has 32 heavy (non-hydrogen) atoms. The number of piperidine rings is 1. The highest BCUT2D eigenvalue weighted by Crippen LogP contribution is 2.38. The van der Waals surface area contributed by atoms with Gasteiger partial charge in [0.2, 0.25) is 0 Å². The molecule has 0 spiro atoms. The van der Waals surface area contributed by atoms with Crippen molar-refractivity contribution in [2.45, 2.75) is 58.5 Å². The fraction of sp³-hybridized carbons (Fsp3) is 0.464. The third-order valence-electron chi connectivity index (χ3n) is 6.78. The number of amides is 1. The Balaban J connectivity index is 1.71. The summed E-state index contributed by atoms with van der Waals surface area (Å²) in [4.78, 5) is 14.7. The smallest absolute Gasteiger partial charge is 0.253 e. The second-order valence-electron chi connectivity index (χ2n) is 8.80. The summed E-state index contributed by atoms with van der Waals surface area (Å²) in [5, 5.41) is 3.48. The van der Waals surface area contributed by atoms with Crippen molar-refractivity contribution in [3.05, 3.63) is 70.8 Å². The van der Waals surface area contributed by atoms with Crippen LogP contribution < -0.4 is 10.1 Å². The van der Waals surface area contributed by atoms with Crippen molar-refractivity contribution < 1.29 is 9.53 Å². The van der Waals surface area contributed by atoms with Gasteiger partial charge >= 0.3 is 0 Å². The van der Waals surface area contributed by atoms with E-state index >= 15 is 0 Å². The molecule has 1 aliphatic carbocycles. The van der Waals surface area contributed by atoms with Gasteiger partial charge in [-0.2, -0.15) is 0 Å². The summed E-state index contributed by atoms with van der Waals surface area (Å²) in [6.45, 7) is 7.51. The van der Waals surface area contributed by atoms with Gasteiger partial charge in [-0.15, -0.1) is 0 Å². The van der Waals surface area contributed by atoms with E-state index in [2.05, 4.69) is 41.7 Å². The van der Waals surface area contributed by atoms with Crippen LogP contribution >= 0.6 is 0 Å². The average Bonchev–Trinajstić information content (AvgIpc) is 3.35. The van der Waals surface area contributed by atoms with Gasteiger partial charge < -0.3 is 15.0 Å². The van der Waals surface area contributed by atoms with Crippen LogP contribution in [0.4, 0.5) is 0 Å². The van der Waals surface area contributed by atoms with Crippen LogP contribution in [0, 0.1) is 0 Å². The zero-order valence-corrected chi connectivity index (χ0v) is 19.5. The Morgan fingerprint density at radius 2 is 1.56 bits per heavy atom. The lowest BCUT2D eigenvalue weighted by Crippen LogP contribution is -2.30. The first kappa shape index (κ1) is 22.6. The molecule has 2 aromatic rings. The minimum absolute atomic E-state index is 0.0996. The topological polar surface area (TPSA) is 41.6 Å². The molecule has 2 aromatic carbocycles. The van der Waals surface area contributed by atoms with Gasteiger partial charge in [-0.25, -0.2) is 0 Å². The van der Waals surface area contributed by atoms with Crippen molar-refractivity contribution in [1.82, 2.24) is 10.2 Å². The Kier molecular flexibility index (Phi) is 7.64. The number of hydrogen-bond acceptors (Lipinski definition) is 3. The quantitative estimate of drug-likeness (QED) is 0.612. The first-order chi connectivity index (χ1) is 15.7. The number of nitrogens with one attached hydrogen (secondary N) is 1. The maximum Gasteiger partial charge on any atom is 0.253 e. The first-order valence-corrected chi connectivity index (χ1v) is 12.3. The maximum absolute atomic E-state index is 12.8. The van der Waals surface area contributed by atoms with E-state index in [9.17, 15) is 4.79 Å². The molecule has 1 N–H and O–H groups in total. The standard InChI is InChI=1S/C28H36N2O2/c1-3-30(4-2)28(31)23-15-13-21(14-16-23)27(22-17-19-29-20-18-22)25-11-7-8-12-26(25)32-24-9-5-6-10-24/h7-8,11-16,24,29H,3-6,9-10,17-20H2,1-2H3.